The zero-order valence-electron chi connectivity index (χ0n) is 38.7. The van der Waals surface area contributed by atoms with E-state index in [1.807, 2.05) is 16.0 Å². The second kappa shape index (κ2) is 17.9. The van der Waals surface area contributed by atoms with Crippen LogP contribution in [0.25, 0.3) is 44.2 Å². The lowest BCUT2D eigenvalue weighted by Gasteiger charge is -2.39. The molecule has 3 aliphatic heterocycles. The quantitative estimate of drug-likeness (QED) is 0.0953. The molecule has 4 amide bonds. The number of benzene rings is 3. The van der Waals surface area contributed by atoms with Crippen molar-refractivity contribution in [3.63, 3.8) is 0 Å². The van der Waals surface area contributed by atoms with Crippen LogP contribution in [0.3, 0.4) is 0 Å². The van der Waals surface area contributed by atoms with Crippen LogP contribution in [0, 0.1) is 29.6 Å². The number of alkyl carbamates (subject to hydrolysis) is 2. The van der Waals surface area contributed by atoms with E-state index in [1.54, 1.807) is 0 Å². The molecule has 3 aliphatic carbocycles. The zero-order chi connectivity index (χ0) is 45.9. The number of aromatic amines is 2. The Hall–Kier alpha value is -5.96. The molecule has 6 aliphatic rings. The van der Waals surface area contributed by atoms with Crippen LogP contribution in [0.5, 0.6) is 0 Å². The first-order valence-corrected chi connectivity index (χ1v) is 24.6. The van der Waals surface area contributed by atoms with Gasteiger partial charge in [0, 0.05) is 30.7 Å². The van der Waals surface area contributed by atoms with Gasteiger partial charge >= 0.3 is 12.2 Å². The summed E-state index contributed by atoms with van der Waals surface area (Å²) in [5.74, 6) is 2.74. The van der Waals surface area contributed by atoms with Crippen molar-refractivity contribution in [1.29, 1.82) is 0 Å². The summed E-state index contributed by atoms with van der Waals surface area (Å²) in [5, 5.41) is 7.96. The molecule has 67 heavy (non-hydrogen) atoms. The van der Waals surface area contributed by atoms with Crippen molar-refractivity contribution in [3.05, 3.63) is 72.4 Å². The molecule has 3 aromatic carbocycles. The summed E-state index contributed by atoms with van der Waals surface area (Å²) in [7, 11) is 2.68. The van der Waals surface area contributed by atoms with Crippen LogP contribution < -0.4 is 10.6 Å². The number of fused-ring (bicyclic) bond motifs is 6. The van der Waals surface area contributed by atoms with Crippen molar-refractivity contribution in [3.8, 4) is 22.4 Å². The van der Waals surface area contributed by atoms with E-state index in [4.69, 9.17) is 24.2 Å². The third-order valence-electron chi connectivity index (χ3n) is 16.3. The summed E-state index contributed by atoms with van der Waals surface area (Å²) < 4.78 is 15.5. The first-order chi connectivity index (χ1) is 32.6. The van der Waals surface area contributed by atoms with Crippen molar-refractivity contribution in [1.82, 2.24) is 40.4 Å². The van der Waals surface area contributed by atoms with E-state index >= 15 is 0 Å². The van der Waals surface area contributed by atoms with Gasteiger partial charge in [-0.05, 0) is 115 Å². The molecule has 2 aromatic heterocycles. The smallest absolute Gasteiger partial charge is 0.407 e. The zero-order valence-corrected chi connectivity index (χ0v) is 38.7. The number of imidazole rings is 2. The van der Waals surface area contributed by atoms with E-state index in [0.717, 1.165) is 94.4 Å². The van der Waals surface area contributed by atoms with E-state index in [9.17, 15) is 19.2 Å². The van der Waals surface area contributed by atoms with Crippen LogP contribution >= 0.6 is 0 Å². The predicted molar refractivity (Wildman–Crippen MR) is 251 cm³/mol. The van der Waals surface area contributed by atoms with Crippen LogP contribution in [0.15, 0.2) is 60.8 Å². The number of nitrogens with zero attached hydrogens (tertiary/aromatic N) is 4. The Morgan fingerprint density at radius 1 is 0.776 bits per heavy atom. The topological polar surface area (TPSA) is 184 Å². The minimum atomic E-state index is -0.680. The minimum Gasteiger partial charge on any atom is -0.453 e. The monoisotopic (exact) mass is 910 g/mol. The van der Waals surface area contributed by atoms with Gasteiger partial charge in [-0.15, -0.1) is 0 Å². The van der Waals surface area contributed by atoms with Crippen molar-refractivity contribution in [2.45, 2.75) is 120 Å². The number of amides is 4. The molecule has 6 fully saturated rings. The van der Waals surface area contributed by atoms with Gasteiger partial charge in [-0.2, -0.15) is 0 Å². The highest BCUT2D eigenvalue weighted by Gasteiger charge is 2.57. The Morgan fingerprint density at radius 3 is 2.30 bits per heavy atom. The van der Waals surface area contributed by atoms with Crippen molar-refractivity contribution in [2.24, 2.45) is 29.6 Å². The highest BCUT2D eigenvalue weighted by atomic mass is 16.5. The number of rotatable bonds is 12. The maximum absolute atomic E-state index is 14.5. The number of H-pyrrole nitrogens is 2. The van der Waals surface area contributed by atoms with E-state index in [2.05, 4.69) is 82.1 Å². The van der Waals surface area contributed by atoms with Crippen molar-refractivity contribution < 1.29 is 33.4 Å². The summed E-state index contributed by atoms with van der Waals surface area (Å²) in [6.07, 6.45) is 12.6. The van der Waals surface area contributed by atoms with Gasteiger partial charge in [-0.25, -0.2) is 19.6 Å². The average Bonchev–Trinajstić information content (AvgIpc) is 4.12. The number of nitrogens with one attached hydrogen (secondary N) is 4. The summed E-state index contributed by atoms with van der Waals surface area (Å²) in [6, 6.07) is 17.7. The molecule has 0 radical (unpaired) electrons. The van der Waals surface area contributed by atoms with Gasteiger partial charge in [0.25, 0.3) is 0 Å². The van der Waals surface area contributed by atoms with E-state index < -0.39 is 24.3 Å². The Kier molecular flexibility index (Phi) is 11.7. The first kappa shape index (κ1) is 43.6. The molecule has 5 heterocycles. The van der Waals surface area contributed by atoms with Crippen LogP contribution in [-0.4, -0.2) is 105 Å². The van der Waals surface area contributed by atoms with Gasteiger partial charge in [0.2, 0.25) is 11.8 Å². The number of piperidine rings is 2. The number of hydrogen-bond donors (Lipinski definition) is 4. The van der Waals surface area contributed by atoms with Crippen LogP contribution in [-0.2, 0) is 23.8 Å². The Labute approximate surface area is 390 Å². The fourth-order valence-electron chi connectivity index (χ4n) is 12.8. The van der Waals surface area contributed by atoms with Gasteiger partial charge < -0.3 is 44.6 Å². The summed E-state index contributed by atoms with van der Waals surface area (Å²) in [6.45, 7) is 3.22. The SMILES string of the molecule is COC(=O)N[C@H](C(=O)N1[C@@H]2C[C@@H]2C[C@H]1c1nc2ccc3cc(-c4ccc(-c5cnc([C@@H]6[C@H]7CC[C@H](C7)N6C(=O)[C@@H](NC(=O)OC)C6CCOCC6)[nH]5)cc4)ccc3c2[nH]1)C(C)CC1CCCC1. The standard InChI is InChI=1S/C52H62N8O7/c1-28(22-29-6-4-5-7-29)43(57-51(63)65-2)49(61)60-41-25-36(41)26-42(60)47-54-39-17-14-34-23-33(13-16-38(34)45(39)56-47)30-8-10-31(11-9-30)40-27-53-48(55-40)46-35-12-15-37(24-35)59(46)50(62)44(58-52(64)66-3)32-18-20-67-21-19-32/h8-11,13-14,16-17,23,27-29,32,35-37,41-44,46H,4-7,12,15,18-22,24-26H2,1-3H3,(H,53,55)(H,54,56)(H,57,63)(H,58,64)/t28?,35-,36+,37+,41+,42-,43-,44-,46-/m0/s1. The van der Waals surface area contributed by atoms with Gasteiger partial charge in [-0.3, -0.25) is 9.59 Å². The molecule has 3 saturated heterocycles. The number of ether oxygens (including phenoxy) is 3. The Bertz CT molecular complexity index is 2670. The summed E-state index contributed by atoms with van der Waals surface area (Å²) >= 11 is 0. The van der Waals surface area contributed by atoms with Crippen molar-refractivity contribution >= 4 is 45.8 Å². The normalized spacial score (nSPS) is 26.1. The fraction of sp³-hybridized carbons (Fsp3) is 0.538. The fourth-order valence-corrected chi connectivity index (χ4v) is 12.8. The third kappa shape index (κ3) is 8.20. The lowest BCUT2D eigenvalue weighted by molar-refractivity contribution is -0.140. The molecule has 15 nitrogen and oxygen atoms in total. The largest absolute Gasteiger partial charge is 0.453 e. The molecule has 15 heteroatoms. The Balaban J connectivity index is 0.805. The lowest BCUT2D eigenvalue weighted by atomic mass is 9.88. The van der Waals surface area contributed by atoms with Crippen molar-refractivity contribution in [2.75, 3.05) is 27.4 Å². The number of aromatic nitrogens is 4. The third-order valence-corrected chi connectivity index (χ3v) is 16.3. The molecular formula is C52H62N8O7. The molecule has 9 atom stereocenters. The molecule has 5 aromatic rings. The lowest BCUT2D eigenvalue weighted by Crippen LogP contribution is -2.55. The predicted octanol–water partition coefficient (Wildman–Crippen LogP) is 8.58. The van der Waals surface area contributed by atoms with Crippen LogP contribution in [0.1, 0.15) is 108 Å². The van der Waals surface area contributed by atoms with E-state index in [1.165, 1.54) is 39.9 Å². The number of carbonyl (C=O) groups is 4. The summed E-state index contributed by atoms with van der Waals surface area (Å²) in [4.78, 5) is 75.2. The number of likely N-dealkylation sites (tertiary alicyclic amines) is 2. The molecule has 0 spiro atoms. The molecule has 2 bridgehead atoms. The number of carbonyl (C=O) groups excluding carboxylic acids is 4. The average molecular weight is 911 g/mol. The molecule has 352 valence electrons. The molecular weight excluding hydrogens is 849 g/mol. The molecule has 4 N–H and O–H groups in total. The van der Waals surface area contributed by atoms with Crippen LogP contribution in [0.4, 0.5) is 9.59 Å². The Morgan fingerprint density at radius 2 is 1.52 bits per heavy atom. The number of hydrogen-bond acceptors (Lipinski definition) is 9. The maximum atomic E-state index is 14.5. The second-order valence-electron chi connectivity index (χ2n) is 20.3. The highest BCUT2D eigenvalue weighted by Crippen LogP contribution is 2.54. The molecule has 11 rings (SSSR count). The van der Waals surface area contributed by atoms with Crippen LogP contribution in [0.2, 0.25) is 0 Å². The van der Waals surface area contributed by atoms with Gasteiger partial charge in [-0.1, -0.05) is 75.1 Å². The molecule has 1 unspecified atom stereocenters. The van der Waals surface area contributed by atoms with Gasteiger partial charge in [0.15, 0.2) is 0 Å². The maximum Gasteiger partial charge on any atom is 0.407 e. The highest BCUT2D eigenvalue weighted by molar-refractivity contribution is 6.05. The second-order valence-corrected chi connectivity index (χ2v) is 20.3. The van der Waals surface area contributed by atoms with Gasteiger partial charge in [0.05, 0.1) is 49.2 Å². The molecule has 3 saturated carbocycles. The first-order valence-electron chi connectivity index (χ1n) is 24.6. The number of methoxy groups -OCH3 is 2. The van der Waals surface area contributed by atoms with E-state index in [-0.39, 0.29) is 47.8 Å². The minimum absolute atomic E-state index is 0.0148. The summed E-state index contributed by atoms with van der Waals surface area (Å²) in [5.41, 5.74) is 5.86. The van der Waals surface area contributed by atoms with E-state index in [0.29, 0.717) is 43.8 Å². The van der Waals surface area contributed by atoms with Gasteiger partial charge in [0.1, 0.15) is 23.7 Å².